The van der Waals surface area contributed by atoms with Gasteiger partial charge in [0.1, 0.15) is 5.76 Å². The molecule has 0 aliphatic carbocycles. The zero-order chi connectivity index (χ0) is 11.1. The Balaban J connectivity index is 0.00000144. The normalized spacial score (nSPS) is 16.0. The van der Waals surface area contributed by atoms with Crippen LogP contribution in [0.5, 0.6) is 0 Å². The first-order valence-corrected chi connectivity index (χ1v) is 6.40. The van der Waals surface area contributed by atoms with Gasteiger partial charge in [-0.1, -0.05) is 0 Å². The second-order valence-corrected chi connectivity index (χ2v) is 4.51. The molecule has 1 aliphatic heterocycles. The second-order valence-electron chi connectivity index (χ2n) is 4.51. The SMILES string of the molecule is Cl.c1coc(CNCCCCN2CCCC2)c1. The van der Waals surface area contributed by atoms with Gasteiger partial charge in [0.15, 0.2) is 0 Å². The van der Waals surface area contributed by atoms with Crippen LogP contribution in [0.4, 0.5) is 0 Å². The molecule has 1 fully saturated rings. The molecule has 0 atom stereocenters. The molecule has 1 aromatic heterocycles. The number of hydrogen-bond acceptors (Lipinski definition) is 3. The van der Waals surface area contributed by atoms with E-state index < -0.39 is 0 Å². The van der Waals surface area contributed by atoms with Crippen molar-refractivity contribution >= 4 is 12.4 Å². The van der Waals surface area contributed by atoms with Gasteiger partial charge in [-0.2, -0.15) is 0 Å². The van der Waals surface area contributed by atoms with Crippen molar-refractivity contribution in [1.29, 1.82) is 0 Å². The largest absolute Gasteiger partial charge is 0.468 e. The molecule has 98 valence electrons. The van der Waals surface area contributed by atoms with Gasteiger partial charge in [0.25, 0.3) is 0 Å². The van der Waals surface area contributed by atoms with E-state index in [-0.39, 0.29) is 12.4 Å². The van der Waals surface area contributed by atoms with Crippen molar-refractivity contribution in [2.45, 2.75) is 32.2 Å². The van der Waals surface area contributed by atoms with Crippen LogP contribution >= 0.6 is 12.4 Å². The fourth-order valence-electron chi connectivity index (χ4n) is 2.22. The predicted octanol–water partition coefficient (Wildman–Crippen LogP) is 2.67. The van der Waals surface area contributed by atoms with Crippen LogP contribution in [0.25, 0.3) is 0 Å². The number of furan rings is 1. The summed E-state index contributed by atoms with van der Waals surface area (Å²) in [5.41, 5.74) is 0. The minimum absolute atomic E-state index is 0. The van der Waals surface area contributed by atoms with Gasteiger partial charge in [0, 0.05) is 0 Å². The summed E-state index contributed by atoms with van der Waals surface area (Å²) < 4.78 is 5.25. The summed E-state index contributed by atoms with van der Waals surface area (Å²) in [6, 6.07) is 3.95. The third-order valence-corrected chi connectivity index (χ3v) is 3.16. The third-order valence-electron chi connectivity index (χ3n) is 3.16. The van der Waals surface area contributed by atoms with Crippen molar-refractivity contribution < 1.29 is 4.42 Å². The number of nitrogens with zero attached hydrogens (tertiary/aromatic N) is 1. The lowest BCUT2D eigenvalue weighted by Crippen LogP contribution is -2.22. The quantitative estimate of drug-likeness (QED) is 0.763. The molecule has 0 aromatic carbocycles. The summed E-state index contributed by atoms with van der Waals surface area (Å²) in [6.07, 6.45) is 7.10. The van der Waals surface area contributed by atoms with Gasteiger partial charge in [-0.3, -0.25) is 0 Å². The number of nitrogens with one attached hydrogen (secondary N) is 1. The summed E-state index contributed by atoms with van der Waals surface area (Å²) in [7, 11) is 0. The van der Waals surface area contributed by atoms with Crippen LogP contribution in [-0.2, 0) is 6.54 Å². The molecule has 4 heteroatoms. The van der Waals surface area contributed by atoms with Crippen LogP contribution in [0.15, 0.2) is 22.8 Å². The van der Waals surface area contributed by atoms with Crippen LogP contribution in [0.1, 0.15) is 31.4 Å². The molecule has 3 nitrogen and oxygen atoms in total. The number of halogens is 1. The summed E-state index contributed by atoms with van der Waals surface area (Å²) in [6.45, 7) is 5.87. The van der Waals surface area contributed by atoms with Gasteiger partial charge < -0.3 is 14.6 Å². The van der Waals surface area contributed by atoms with E-state index in [1.165, 1.54) is 45.3 Å². The Morgan fingerprint density at radius 3 is 2.76 bits per heavy atom. The molecule has 0 unspecified atom stereocenters. The van der Waals surface area contributed by atoms with E-state index in [1.54, 1.807) is 6.26 Å². The maximum absolute atomic E-state index is 5.25. The molecule has 1 N–H and O–H groups in total. The summed E-state index contributed by atoms with van der Waals surface area (Å²) in [5.74, 6) is 1.03. The van der Waals surface area contributed by atoms with E-state index in [4.69, 9.17) is 4.42 Å². The highest BCUT2D eigenvalue weighted by Gasteiger charge is 2.09. The number of hydrogen-bond donors (Lipinski definition) is 1. The summed E-state index contributed by atoms with van der Waals surface area (Å²) >= 11 is 0. The fourth-order valence-corrected chi connectivity index (χ4v) is 2.22. The second kappa shape index (κ2) is 8.56. The lowest BCUT2D eigenvalue weighted by Gasteiger charge is -2.13. The van der Waals surface area contributed by atoms with Crippen molar-refractivity contribution in [3.05, 3.63) is 24.2 Å². The summed E-state index contributed by atoms with van der Waals surface area (Å²) in [4.78, 5) is 2.58. The fraction of sp³-hybridized carbons (Fsp3) is 0.692. The maximum atomic E-state index is 5.25. The highest BCUT2D eigenvalue weighted by atomic mass is 35.5. The van der Waals surface area contributed by atoms with Gasteiger partial charge >= 0.3 is 0 Å². The smallest absolute Gasteiger partial charge is 0.117 e. The van der Waals surface area contributed by atoms with E-state index in [0.717, 1.165) is 18.8 Å². The molecule has 1 saturated heterocycles. The van der Waals surface area contributed by atoms with E-state index in [9.17, 15) is 0 Å². The minimum atomic E-state index is 0. The zero-order valence-corrected chi connectivity index (χ0v) is 11.2. The van der Waals surface area contributed by atoms with Crippen LogP contribution in [0.3, 0.4) is 0 Å². The molecule has 0 spiro atoms. The Hall–Kier alpha value is -0.510. The van der Waals surface area contributed by atoms with Crippen molar-refractivity contribution in [3.63, 3.8) is 0 Å². The average Bonchev–Trinajstić information content (AvgIpc) is 2.96. The van der Waals surface area contributed by atoms with E-state index in [0.29, 0.717) is 0 Å². The standard InChI is InChI=1S/C13H22N2O.ClH/c1(2-8-15-9-3-4-10-15)7-14-12-13-6-5-11-16-13;/h5-6,11,14H,1-4,7-10,12H2;1H. The molecule has 2 rings (SSSR count). The predicted molar refractivity (Wildman–Crippen MR) is 72.6 cm³/mol. The Kier molecular flexibility index (Phi) is 7.33. The van der Waals surface area contributed by atoms with Gasteiger partial charge in [0.05, 0.1) is 12.8 Å². The minimum Gasteiger partial charge on any atom is -0.468 e. The average molecular weight is 259 g/mol. The lowest BCUT2D eigenvalue weighted by molar-refractivity contribution is 0.328. The number of rotatable bonds is 7. The number of unbranched alkanes of at least 4 members (excludes halogenated alkanes) is 1. The van der Waals surface area contributed by atoms with Crippen LogP contribution in [0.2, 0.25) is 0 Å². The molecule has 0 amide bonds. The van der Waals surface area contributed by atoms with E-state index >= 15 is 0 Å². The molecule has 0 saturated carbocycles. The third kappa shape index (κ3) is 5.57. The van der Waals surface area contributed by atoms with Gasteiger partial charge in [-0.15, -0.1) is 12.4 Å². The molecule has 2 heterocycles. The highest BCUT2D eigenvalue weighted by molar-refractivity contribution is 5.85. The first kappa shape index (κ1) is 14.6. The van der Waals surface area contributed by atoms with Crippen LogP contribution in [0, 0.1) is 0 Å². The Morgan fingerprint density at radius 2 is 2.06 bits per heavy atom. The van der Waals surface area contributed by atoms with Crippen molar-refractivity contribution in [2.24, 2.45) is 0 Å². The monoisotopic (exact) mass is 258 g/mol. The highest BCUT2D eigenvalue weighted by Crippen LogP contribution is 2.08. The van der Waals surface area contributed by atoms with Crippen molar-refractivity contribution in [2.75, 3.05) is 26.2 Å². The Labute approximate surface area is 110 Å². The Morgan fingerprint density at radius 1 is 1.24 bits per heavy atom. The van der Waals surface area contributed by atoms with E-state index in [1.807, 2.05) is 12.1 Å². The molecular formula is C13H23ClN2O. The topological polar surface area (TPSA) is 28.4 Å². The molecule has 0 radical (unpaired) electrons. The van der Waals surface area contributed by atoms with Crippen molar-refractivity contribution in [3.8, 4) is 0 Å². The molecule has 17 heavy (non-hydrogen) atoms. The van der Waals surface area contributed by atoms with Crippen molar-refractivity contribution in [1.82, 2.24) is 10.2 Å². The molecular weight excluding hydrogens is 236 g/mol. The summed E-state index contributed by atoms with van der Waals surface area (Å²) in [5, 5.41) is 3.40. The van der Waals surface area contributed by atoms with Crippen LogP contribution in [-0.4, -0.2) is 31.1 Å². The van der Waals surface area contributed by atoms with E-state index in [2.05, 4.69) is 10.2 Å². The number of likely N-dealkylation sites (tertiary alicyclic amines) is 1. The van der Waals surface area contributed by atoms with Gasteiger partial charge in [0.2, 0.25) is 0 Å². The molecule has 1 aromatic rings. The van der Waals surface area contributed by atoms with Gasteiger partial charge in [-0.05, 0) is 64.0 Å². The first-order valence-electron chi connectivity index (χ1n) is 6.40. The first-order chi connectivity index (χ1) is 7.95. The molecule has 0 bridgehead atoms. The lowest BCUT2D eigenvalue weighted by atomic mass is 10.3. The van der Waals surface area contributed by atoms with Crippen LogP contribution < -0.4 is 5.32 Å². The zero-order valence-electron chi connectivity index (χ0n) is 10.4. The maximum Gasteiger partial charge on any atom is 0.117 e. The van der Waals surface area contributed by atoms with Gasteiger partial charge in [-0.25, -0.2) is 0 Å². The Bertz CT molecular complexity index is 271. The molecule has 1 aliphatic rings.